The number of carboxylic acid groups (broad SMARTS) is 1. The van der Waals surface area contributed by atoms with E-state index in [1.165, 1.54) is 0 Å². The predicted molar refractivity (Wildman–Crippen MR) is 135 cm³/mol. The van der Waals surface area contributed by atoms with Crippen LogP contribution in [0, 0.1) is 35.3 Å². The number of benzene rings is 2. The molecule has 1 aliphatic heterocycles. The van der Waals surface area contributed by atoms with Gasteiger partial charge in [-0.3, -0.25) is 14.7 Å². The molecule has 0 aliphatic carbocycles. The van der Waals surface area contributed by atoms with Gasteiger partial charge in [-0.05, 0) is 80.1 Å². The first-order chi connectivity index (χ1) is 17.4. The molecule has 1 N–H and O–H groups in total. The van der Waals surface area contributed by atoms with E-state index in [2.05, 4.69) is 16.8 Å². The van der Waals surface area contributed by atoms with Crippen LogP contribution in [0.1, 0.15) is 30.4 Å². The number of carboxylic acids is 1. The van der Waals surface area contributed by atoms with E-state index in [4.69, 9.17) is 16.3 Å². The van der Waals surface area contributed by atoms with Crippen LogP contribution in [0.4, 0.5) is 8.78 Å². The Bertz CT molecular complexity index is 1320. The molecule has 4 rings (SSSR count). The van der Waals surface area contributed by atoms with Crippen molar-refractivity contribution < 1.29 is 23.4 Å². The van der Waals surface area contributed by atoms with Crippen LogP contribution in [0.25, 0.3) is 10.9 Å². The third-order valence-corrected chi connectivity index (χ3v) is 7.07. The third-order valence-electron chi connectivity index (χ3n) is 6.75. The second-order valence-electron chi connectivity index (χ2n) is 9.01. The molecule has 5 nitrogen and oxygen atoms in total. The molecule has 0 bridgehead atoms. The van der Waals surface area contributed by atoms with Crippen LogP contribution in [-0.4, -0.2) is 47.7 Å². The number of fused-ring (bicyclic) bond motifs is 1. The molecule has 0 saturated carbocycles. The summed E-state index contributed by atoms with van der Waals surface area (Å²) in [4.78, 5) is 18.4. The van der Waals surface area contributed by atoms with Crippen molar-refractivity contribution in [3.05, 3.63) is 70.4 Å². The van der Waals surface area contributed by atoms with Gasteiger partial charge in [0.25, 0.3) is 0 Å². The topological polar surface area (TPSA) is 62.7 Å². The number of ether oxygens (including phenoxy) is 1. The van der Waals surface area contributed by atoms with E-state index in [9.17, 15) is 18.7 Å². The van der Waals surface area contributed by atoms with Crippen LogP contribution in [0.2, 0.25) is 5.02 Å². The van der Waals surface area contributed by atoms with Gasteiger partial charge in [-0.15, -0.1) is 0 Å². The SMILES string of the molecule is COc1ccc2ncc(Cl)c(CCCC3CCN(CC#Cc4cc(F)ccc4F)CC3C(=O)O)c2c1. The summed E-state index contributed by atoms with van der Waals surface area (Å²) in [7, 11) is 1.61. The quantitative estimate of drug-likeness (QED) is 0.419. The molecule has 0 radical (unpaired) electrons. The number of aromatic nitrogens is 1. The second kappa shape index (κ2) is 11.7. The largest absolute Gasteiger partial charge is 0.497 e. The van der Waals surface area contributed by atoms with Gasteiger partial charge in [0.1, 0.15) is 17.4 Å². The highest BCUT2D eigenvalue weighted by Gasteiger charge is 2.33. The molecular formula is C28H27ClF2N2O3. The maximum absolute atomic E-state index is 13.8. The molecule has 1 aliphatic rings. The number of aryl methyl sites for hydroxylation is 1. The Morgan fingerprint density at radius 1 is 1.28 bits per heavy atom. The molecular weight excluding hydrogens is 486 g/mol. The number of methoxy groups -OCH3 is 1. The van der Waals surface area contributed by atoms with Gasteiger partial charge in [-0.1, -0.05) is 23.4 Å². The van der Waals surface area contributed by atoms with Crippen LogP contribution in [-0.2, 0) is 11.2 Å². The van der Waals surface area contributed by atoms with Gasteiger partial charge in [-0.25, -0.2) is 8.78 Å². The van der Waals surface area contributed by atoms with Gasteiger partial charge in [-0.2, -0.15) is 0 Å². The zero-order chi connectivity index (χ0) is 25.7. The molecule has 0 amide bonds. The Kier molecular flexibility index (Phi) is 8.40. The number of rotatable bonds is 7. The standard InChI is InChI=1S/C28H27ClF2N2O3/c1-36-21-8-10-27-23(15-21)22(25(29)16-32-27)6-2-4-18-11-13-33(17-24(18)28(34)35)12-3-5-19-14-20(30)7-9-26(19)31/h7-10,14-16,18,24H,2,4,6,11-13,17H2,1H3,(H,34,35). The van der Waals surface area contributed by atoms with Crippen molar-refractivity contribution in [3.8, 4) is 17.6 Å². The van der Waals surface area contributed by atoms with Crippen molar-refractivity contribution in [2.45, 2.75) is 25.7 Å². The summed E-state index contributed by atoms with van der Waals surface area (Å²) < 4.78 is 32.4. The first-order valence-corrected chi connectivity index (χ1v) is 12.2. The van der Waals surface area contributed by atoms with Crippen LogP contribution in [0.5, 0.6) is 5.75 Å². The van der Waals surface area contributed by atoms with Crippen molar-refractivity contribution in [2.75, 3.05) is 26.7 Å². The summed E-state index contributed by atoms with van der Waals surface area (Å²) in [5, 5.41) is 11.4. The van der Waals surface area contributed by atoms with E-state index >= 15 is 0 Å². The number of nitrogens with zero attached hydrogens (tertiary/aromatic N) is 2. The monoisotopic (exact) mass is 512 g/mol. The predicted octanol–water partition coefficient (Wildman–Crippen LogP) is 5.57. The van der Waals surface area contributed by atoms with Gasteiger partial charge >= 0.3 is 5.97 Å². The molecule has 2 heterocycles. The highest BCUT2D eigenvalue weighted by molar-refractivity contribution is 6.32. The highest BCUT2D eigenvalue weighted by Crippen LogP contribution is 2.32. The number of likely N-dealkylation sites (tertiary alicyclic amines) is 1. The molecule has 1 aromatic heterocycles. The van der Waals surface area contributed by atoms with E-state index in [0.717, 1.165) is 59.7 Å². The lowest BCUT2D eigenvalue weighted by molar-refractivity contribution is -0.146. The van der Waals surface area contributed by atoms with Crippen LogP contribution >= 0.6 is 11.6 Å². The molecule has 0 spiro atoms. The first kappa shape index (κ1) is 25.9. The first-order valence-electron chi connectivity index (χ1n) is 11.9. The Morgan fingerprint density at radius 3 is 2.89 bits per heavy atom. The number of halogens is 3. The van der Waals surface area contributed by atoms with Crippen molar-refractivity contribution in [1.29, 1.82) is 0 Å². The minimum atomic E-state index is -0.828. The maximum Gasteiger partial charge on any atom is 0.308 e. The average molecular weight is 513 g/mol. The smallest absolute Gasteiger partial charge is 0.308 e. The fourth-order valence-corrected chi connectivity index (χ4v) is 5.05. The van der Waals surface area contributed by atoms with E-state index in [-0.39, 0.29) is 11.5 Å². The van der Waals surface area contributed by atoms with E-state index < -0.39 is 23.5 Å². The number of hydrogen-bond acceptors (Lipinski definition) is 4. The summed E-state index contributed by atoms with van der Waals surface area (Å²) in [6.45, 7) is 1.37. The maximum atomic E-state index is 13.8. The van der Waals surface area contributed by atoms with Crippen LogP contribution in [0.3, 0.4) is 0 Å². The molecule has 2 unspecified atom stereocenters. The molecule has 1 saturated heterocycles. The summed E-state index contributed by atoms with van der Waals surface area (Å²) in [5.74, 6) is 3.81. The Morgan fingerprint density at radius 2 is 2.11 bits per heavy atom. The Hall–Kier alpha value is -3.21. The minimum Gasteiger partial charge on any atom is -0.497 e. The molecule has 8 heteroatoms. The molecule has 36 heavy (non-hydrogen) atoms. The second-order valence-corrected chi connectivity index (χ2v) is 9.42. The summed E-state index contributed by atoms with van der Waals surface area (Å²) >= 11 is 6.47. The van der Waals surface area contributed by atoms with E-state index in [1.807, 2.05) is 23.1 Å². The minimum absolute atomic E-state index is 0.000382. The Balaban J connectivity index is 1.37. The summed E-state index contributed by atoms with van der Waals surface area (Å²) in [6, 6.07) is 8.84. The zero-order valence-corrected chi connectivity index (χ0v) is 20.7. The lowest BCUT2D eigenvalue weighted by Gasteiger charge is -2.35. The normalized spacial score (nSPS) is 18.0. The van der Waals surface area contributed by atoms with E-state index in [0.29, 0.717) is 31.1 Å². The molecule has 2 atom stereocenters. The average Bonchev–Trinajstić information content (AvgIpc) is 2.87. The zero-order valence-electron chi connectivity index (χ0n) is 19.9. The van der Waals surface area contributed by atoms with Crippen LogP contribution in [0.15, 0.2) is 42.6 Å². The number of pyridine rings is 1. The number of aliphatic carboxylic acids is 1. The lowest BCUT2D eigenvalue weighted by atomic mass is 9.81. The van der Waals surface area contributed by atoms with Gasteiger partial charge < -0.3 is 9.84 Å². The van der Waals surface area contributed by atoms with Gasteiger partial charge in [0.15, 0.2) is 0 Å². The van der Waals surface area contributed by atoms with Gasteiger partial charge in [0.2, 0.25) is 0 Å². The number of piperidine rings is 1. The Labute approximate surface area is 214 Å². The molecule has 1 fully saturated rings. The molecule has 3 aromatic rings. The van der Waals surface area contributed by atoms with Crippen molar-refractivity contribution >= 4 is 28.5 Å². The van der Waals surface area contributed by atoms with Gasteiger partial charge in [0, 0.05) is 18.1 Å². The number of carbonyl (C=O) groups is 1. The van der Waals surface area contributed by atoms with Crippen molar-refractivity contribution in [1.82, 2.24) is 9.88 Å². The van der Waals surface area contributed by atoms with E-state index in [1.54, 1.807) is 13.3 Å². The third kappa shape index (κ3) is 6.13. The lowest BCUT2D eigenvalue weighted by Crippen LogP contribution is -2.44. The van der Waals surface area contributed by atoms with Crippen molar-refractivity contribution in [3.63, 3.8) is 0 Å². The fourth-order valence-electron chi connectivity index (χ4n) is 4.80. The molecule has 188 valence electrons. The van der Waals surface area contributed by atoms with Crippen molar-refractivity contribution in [2.24, 2.45) is 11.8 Å². The van der Waals surface area contributed by atoms with Crippen LogP contribution < -0.4 is 4.74 Å². The molecule has 2 aromatic carbocycles. The highest BCUT2D eigenvalue weighted by atomic mass is 35.5. The van der Waals surface area contributed by atoms with Gasteiger partial charge in [0.05, 0.1) is 35.7 Å². The number of hydrogen-bond donors (Lipinski definition) is 1. The summed E-state index contributed by atoms with van der Waals surface area (Å²) in [5.41, 5.74) is 1.83. The summed E-state index contributed by atoms with van der Waals surface area (Å²) in [6.07, 6.45) is 4.65. The fraction of sp³-hybridized carbons (Fsp3) is 0.357.